The van der Waals surface area contributed by atoms with Crippen LogP contribution in [0.4, 0.5) is 4.79 Å². The number of urea groups is 1. The van der Waals surface area contributed by atoms with E-state index in [1.165, 1.54) is 0 Å². The maximum atomic E-state index is 11.8. The van der Waals surface area contributed by atoms with Gasteiger partial charge >= 0.3 is 6.03 Å². The van der Waals surface area contributed by atoms with Crippen LogP contribution in [0.25, 0.3) is 0 Å². The van der Waals surface area contributed by atoms with Gasteiger partial charge in [-0.2, -0.15) is 0 Å². The molecule has 0 saturated carbocycles. The van der Waals surface area contributed by atoms with Gasteiger partial charge in [-0.05, 0) is 25.8 Å². The van der Waals surface area contributed by atoms with Gasteiger partial charge in [0, 0.05) is 24.0 Å². The molecule has 23 heavy (non-hydrogen) atoms. The molecule has 1 aromatic heterocycles. The molecule has 0 aliphatic heterocycles. The summed E-state index contributed by atoms with van der Waals surface area (Å²) >= 11 is 1.65. The van der Waals surface area contributed by atoms with Crippen LogP contribution in [-0.4, -0.2) is 29.2 Å². The molecule has 1 atom stereocenters. The Morgan fingerprint density at radius 2 is 2.04 bits per heavy atom. The van der Waals surface area contributed by atoms with Crippen LogP contribution in [0.1, 0.15) is 29.6 Å². The van der Waals surface area contributed by atoms with Crippen molar-refractivity contribution < 1.29 is 9.90 Å². The molecule has 5 nitrogen and oxygen atoms in total. The van der Waals surface area contributed by atoms with Crippen LogP contribution in [0.2, 0.25) is 0 Å². The van der Waals surface area contributed by atoms with E-state index in [0.717, 1.165) is 29.1 Å². The Morgan fingerprint density at radius 1 is 1.30 bits per heavy atom. The first-order chi connectivity index (χ1) is 11.0. The van der Waals surface area contributed by atoms with Crippen molar-refractivity contribution in [1.82, 2.24) is 15.6 Å². The van der Waals surface area contributed by atoms with Gasteiger partial charge in [-0.25, -0.2) is 9.78 Å². The van der Waals surface area contributed by atoms with Crippen LogP contribution in [0.5, 0.6) is 0 Å². The third kappa shape index (κ3) is 5.65. The lowest BCUT2D eigenvalue weighted by molar-refractivity contribution is 0.0594. The molecule has 0 aliphatic rings. The number of hydrogen-bond donors (Lipinski definition) is 3. The predicted molar refractivity (Wildman–Crippen MR) is 92.6 cm³/mol. The van der Waals surface area contributed by atoms with Crippen molar-refractivity contribution in [1.29, 1.82) is 0 Å². The zero-order chi connectivity index (χ0) is 16.7. The molecule has 2 amide bonds. The zero-order valence-electron chi connectivity index (χ0n) is 13.5. The summed E-state index contributed by atoms with van der Waals surface area (Å²) in [5.41, 5.74) is 0.732. The Hall–Kier alpha value is -1.92. The van der Waals surface area contributed by atoms with Gasteiger partial charge in [0.25, 0.3) is 0 Å². The van der Waals surface area contributed by atoms with E-state index in [1.807, 2.05) is 42.6 Å². The summed E-state index contributed by atoms with van der Waals surface area (Å²) in [6, 6.07) is 9.04. The van der Waals surface area contributed by atoms with Gasteiger partial charge in [-0.1, -0.05) is 30.3 Å². The minimum Gasteiger partial charge on any atom is -0.384 e. The number of thiazole rings is 1. The van der Waals surface area contributed by atoms with Gasteiger partial charge in [-0.3, -0.25) is 0 Å². The second-order valence-electron chi connectivity index (χ2n) is 5.74. The number of aryl methyl sites for hydroxylation is 2. The Labute approximate surface area is 140 Å². The fraction of sp³-hybridized carbons (Fsp3) is 0.412. The molecule has 2 rings (SSSR count). The summed E-state index contributed by atoms with van der Waals surface area (Å²) in [7, 11) is 0. The Balaban J connectivity index is 1.67. The molecule has 2 aromatic rings. The van der Waals surface area contributed by atoms with Crippen LogP contribution in [0.3, 0.4) is 0 Å². The van der Waals surface area contributed by atoms with E-state index in [9.17, 15) is 9.90 Å². The van der Waals surface area contributed by atoms with Crippen molar-refractivity contribution in [2.45, 2.75) is 32.3 Å². The summed E-state index contributed by atoms with van der Waals surface area (Å²) in [6.45, 7) is 4.41. The average molecular weight is 333 g/mol. The van der Waals surface area contributed by atoms with Gasteiger partial charge in [-0.15, -0.1) is 11.3 Å². The van der Waals surface area contributed by atoms with Crippen molar-refractivity contribution in [2.24, 2.45) is 0 Å². The molecule has 0 fully saturated rings. The van der Waals surface area contributed by atoms with Gasteiger partial charge in [0.2, 0.25) is 0 Å². The quantitative estimate of drug-likeness (QED) is 0.682. The average Bonchev–Trinajstić information content (AvgIpc) is 2.96. The lowest BCUT2D eigenvalue weighted by atomic mass is 9.96. The first-order valence-corrected chi connectivity index (χ1v) is 8.56. The Bertz CT molecular complexity index is 626. The molecular weight excluding hydrogens is 310 g/mol. The number of carbonyl (C=O) groups is 1. The Morgan fingerprint density at radius 3 is 2.70 bits per heavy atom. The summed E-state index contributed by atoms with van der Waals surface area (Å²) in [5, 5.41) is 19.0. The van der Waals surface area contributed by atoms with Crippen LogP contribution in [0.15, 0.2) is 35.7 Å². The zero-order valence-corrected chi connectivity index (χ0v) is 14.3. The molecule has 1 heterocycles. The molecular formula is C17H23N3O2S. The first-order valence-electron chi connectivity index (χ1n) is 7.68. The normalized spacial score (nSPS) is 13.3. The van der Waals surface area contributed by atoms with Crippen LogP contribution < -0.4 is 10.6 Å². The largest absolute Gasteiger partial charge is 0.384 e. The van der Waals surface area contributed by atoms with Crippen molar-refractivity contribution in [3.63, 3.8) is 0 Å². The Kier molecular flexibility index (Phi) is 6.12. The van der Waals surface area contributed by atoms with Crippen molar-refractivity contribution in [2.75, 3.05) is 13.1 Å². The lowest BCUT2D eigenvalue weighted by Crippen LogP contribution is -2.43. The topological polar surface area (TPSA) is 74.2 Å². The number of nitrogens with zero attached hydrogens (tertiary/aromatic N) is 1. The number of hydrogen-bond acceptors (Lipinski definition) is 4. The number of benzene rings is 1. The van der Waals surface area contributed by atoms with E-state index in [4.69, 9.17) is 0 Å². The number of amides is 2. The predicted octanol–water partition coefficient (Wildman–Crippen LogP) is 2.59. The summed E-state index contributed by atoms with van der Waals surface area (Å²) in [5.74, 6) is 0. The lowest BCUT2D eigenvalue weighted by Gasteiger charge is -2.24. The highest BCUT2D eigenvalue weighted by atomic mass is 32.1. The summed E-state index contributed by atoms with van der Waals surface area (Å²) in [6.07, 6.45) is 1.70. The second kappa shape index (κ2) is 8.08. The number of rotatable bonds is 7. The second-order valence-corrected chi connectivity index (χ2v) is 6.68. The van der Waals surface area contributed by atoms with E-state index < -0.39 is 5.60 Å². The summed E-state index contributed by atoms with van der Waals surface area (Å²) in [4.78, 5) is 16.2. The molecule has 0 bridgehead atoms. The highest BCUT2D eigenvalue weighted by molar-refractivity contribution is 7.09. The highest BCUT2D eigenvalue weighted by Crippen LogP contribution is 2.18. The molecule has 0 radical (unpaired) electrons. The van der Waals surface area contributed by atoms with E-state index in [0.29, 0.717) is 6.54 Å². The van der Waals surface area contributed by atoms with E-state index >= 15 is 0 Å². The van der Waals surface area contributed by atoms with E-state index in [-0.39, 0.29) is 12.6 Å². The molecule has 0 aliphatic carbocycles. The molecule has 6 heteroatoms. The van der Waals surface area contributed by atoms with E-state index in [2.05, 4.69) is 15.6 Å². The van der Waals surface area contributed by atoms with Crippen molar-refractivity contribution in [3.8, 4) is 0 Å². The van der Waals surface area contributed by atoms with Crippen molar-refractivity contribution >= 4 is 17.4 Å². The van der Waals surface area contributed by atoms with Crippen molar-refractivity contribution in [3.05, 3.63) is 52.0 Å². The molecule has 124 valence electrons. The highest BCUT2D eigenvalue weighted by Gasteiger charge is 2.23. The number of nitrogens with one attached hydrogen (secondary N) is 2. The van der Waals surface area contributed by atoms with Crippen LogP contribution >= 0.6 is 11.3 Å². The third-order valence-corrected chi connectivity index (χ3v) is 4.53. The number of aliphatic hydroxyl groups is 1. The van der Waals surface area contributed by atoms with Crippen LogP contribution in [0, 0.1) is 6.92 Å². The third-order valence-electron chi connectivity index (χ3n) is 3.51. The van der Waals surface area contributed by atoms with Gasteiger partial charge in [0.05, 0.1) is 11.6 Å². The van der Waals surface area contributed by atoms with Crippen LogP contribution in [-0.2, 0) is 12.0 Å². The fourth-order valence-electron chi connectivity index (χ4n) is 2.17. The molecule has 0 saturated heterocycles. The smallest absolute Gasteiger partial charge is 0.314 e. The maximum Gasteiger partial charge on any atom is 0.314 e. The monoisotopic (exact) mass is 333 g/mol. The van der Waals surface area contributed by atoms with E-state index in [1.54, 1.807) is 18.3 Å². The SMILES string of the molecule is Cc1csc(CCCNC(=O)NC[C@@](C)(O)c2ccccc2)n1. The van der Waals surface area contributed by atoms with Gasteiger partial charge in [0.1, 0.15) is 5.60 Å². The first kappa shape index (κ1) is 17.4. The van der Waals surface area contributed by atoms with Gasteiger partial charge in [0.15, 0.2) is 0 Å². The number of aromatic nitrogens is 1. The minimum atomic E-state index is -1.09. The maximum absolute atomic E-state index is 11.8. The van der Waals surface area contributed by atoms with Gasteiger partial charge < -0.3 is 15.7 Å². The molecule has 0 spiro atoms. The minimum absolute atomic E-state index is 0.161. The number of carbonyl (C=O) groups excluding carboxylic acids is 1. The molecule has 3 N–H and O–H groups in total. The molecule has 1 aromatic carbocycles. The summed E-state index contributed by atoms with van der Waals surface area (Å²) < 4.78 is 0. The fourth-order valence-corrected chi connectivity index (χ4v) is 2.99. The molecule has 0 unspecified atom stereocenters. The standard InChI is InChI=1S/C17H23N3O2S/c1-13-11-23-15(20-13)9-6-10-18-16(21)19-12-17(2,22)14-7-4-3-5-8-14/h3-5,7-8,11,22H,6,9-10,12H2,1-2H3,(H2,18,19,21)/t17-/m1/s1.